The van der Waals surface area contributed by atoms with Crippen LogP contribution >= 0.6 is 0 Å². The van der Waals surface area contributed by atoms with Crippen molar-refractivity contribution in [2.75, 3.05) is 38.2 Å². The highest BCUT2D eigenvalue weighted by molar-refractivity contribution is 5.46. The van der Waals surface area contributed by atoms with E-state index < -0.39 is 0 Å². The molecular formula is C21H31N5. The van der Waals surface area contributed by atoms with Gasteiger partial charge in [-0.25, -0.2) is 5.01 Å². The van der Waals surface area contributed by atoms with Crippen molar-refractivity contribution in [3.05, 3.63) is 59.4 Å². The Kier molecular flexibility index (Phi) is 8.22. The molecule has 0 saturated carbocycles. The lowest BCUT2D eigenvalue weighted by Gasteiger charge is -2.18. The molecule has 0 atom stereocenters. The van der Waals surface area contributed by atoms with E-state index >= 15 is 0 Å². The van der Waals surface area contributed by atoms with Gasteiger partial charge < -0.3 is 4.90 Å². The minimum absolute atomic E-state index is 0.713. The molecule has 1 heterocycles. The Morgan fingerprint density at radius 1 is 0.962 bits per heavy atom. The van der Waals surface area contributed by atoms with Crippen molar-refractivity contribution in [1.82, 2.24) is 9.88 Å². The monoisotopic (exact) mass is 353 g/mol. The lowest BCUT2D eigenvalue weighted by Crippen LogP contribution is -2.23. The summed E-state index contributed by atoms with van der Waals surface area (Å²) in [6.45, 7) is 9.81. The van der Waals surface area contributed by atoms with E-state index in [-0.39, 0.29) is 0 Å². The number of rotatable bonds is 10. The molecule has 26 heavy (non-hydrogen) atoms. The standard InChI is InChI=1S/C21H31N5/c1-5-14-25(4)16-13-23-24-26(21-10-6-18(2)7-11-21)15-12-20-9-8-19(3)22-17-20/h6-11,17H,5,12-16H2,1-4H3/b24-23-. The van der Waals surface area contributed by atoms with Crippen LogP contribution in [0.5, 0.6) is 0 Å². The molecular weight excluding hydrogens is 322 g/mol. The van der Waals surface area contributed by atoms with Gasteiger partial charge in [0.25, 0.3) is 0 Å². The summed E-state index contributed by atoms with van der Waals surface area (Å²) in [6, 6.07) is 12.6. The summed E-state index contributed by atoms with van der Waals surface area (Å²) in [6.07, 6.45) is 3.99. The van der Waals surface area contributed by atoms with Gasteiger partial charge in [0.05, 0.1) is 12.2 Å². The van der Waals surface area contributed by atoms with E-state index in [1.807, 2.05) is 18.1 Å². The third-order valence-corrected chi connectivity index (χ3v) is 4.28. The third kappa shape index (κ3) is 6.92. The molecule has 0 N–H and O–H groups in total. The van der Waals surface area contributed by atoms with Crippen molar-refractivity contribution in [3.63, 3.8) is 0 Å². The molecule has 0 amide bonds. The highest BCUT2D eigenvalue weighted by atomic mass is 15.5. The van der Waals surface area contributed by atoms with Crippen LogP contribution in [-0.4, -0.2) is 43.1 Å². The Labute approximate surface area is 157 Å². The zero-order valence-corrected chi connectivity index (χ0v) is 16.5. The third-order valence-electron chi connectivity index (χ3n) is 4.28. The van der Waals surface area contributed by atoms with Crippen LogP contribution in [-0.2, 0) is 6.42 Å². The summed E-state index contributed by atoms with van der Waals surface area (Å²) in [4.78, 5) is 6.66. The molecule has 2 rings (SSSR count). The van der Waals surface area contributed by atoms with Crippen LogP contribution in [0.4, 0.5) is 5.69 Å². The molecule has 1 aromatic heterocycles. The normalized spacial score (nSPS) is 11.4. The first-order valence-corrected chi connectivity index (χ1v) is 9.40. The molecule has 0 aliphatic heterocycles. The number of hydrogen-bond acceptors (Lipinski definition) is 4. The minimum atomic E-state index is 0.713. The van der Waals surface area contributed by atoms with Gasteiger partial charge in [0.2, 0.25) is 0 Å². The van der Waals surface area contributed by atoms with Crippen molar-refractivity contribution >= 4 is 5.69 Å². The van der Waals surface area contributed by atoms with Crippen molar-refractivity contribution < 1.29 is 0 Å². The van der Waals surface area contributed by atoms with Crippen LogP contribution in [0.1, 0.15) is 30.2 Å². The fourth-order valence-corrected chi connectivity index (χ4v) is 2.65. The van der Waals surface area contributed by atoms with Gasteiger partial charge >= 0.3 is 0 Å². The number of aryl methyl sites for hydroxylation is 2. The molecule has 0 unspecified atom stereocenters. The topological polar surface area (TPSA) is 44.1 Å². The molecule has 0 spiro atoms. The molecule has 140 valence electrons. The lowest BCUT2D eigenvalue weighted by atomic mass is 10.2. The molecule has 0 bridgehead atoms. The quantitative estimate of drug-likeness (QED) is 0.468. The van der Waals surface area contributed by atoms with E-state index in [9.17, 15) is 0 Å². The maximum atomic E-state index is 4.50. The van der Waals surface area contributed by atoms with Crippen molar-refractivity contribution in [3.8, 4) is 0 Å². The SMILES string of the molecule is CCCN(C)CC/N=N\N(CCc1ccc(C)nc1)c1ccc(C)cc1. The summed E-state index contributed by atoms with van der Waals surface area (Å²) in [5.41, 5.74) is 4.57. The van der Waals surface area contributed by atoms with E-state index in [0.717, 1.165) is 43.9 Å². The molecule has 0 saturated heterocycles. The average molecular weight is 354 g/mol. The van der Waals surface area contributed by atoms with Gasteiger partial charge in [-0.3, -0.25) is 4.98 Å². The maximum absolute atomic E-state index is 4.50. The highest BCUT2D eigenvalue weighted by Gasteiger charge is 2.06. The number of pyridine rings is 1. The Morgan fingerprint density at radius 2 is 1.73 bits per heavy atom. The number of likely N-dealkylation sites (N-methyl/N-ethyl adjacent to an activating group) is 1. The van der Waals surface area contributed by atoms with Crippen molar-refractivity contribution in [2.45, 2.75) is 33.6 Å². The maximum Gasteiger partial charge on any atom is 0.0747 e. The van der Waals surface area contributed by atoms with Gasteiger partial charge in [-0.15, -0.1) is 0 Å². The first-order valence-electron chi connectivity index (χ1n) is 9.40. The number of anilines is 1. The smallest absolute Gasteiger partial charge is 0.0747 e. The fraction of sp³-hybridized carbons (Fsp3) is 0.476. The van der Waals surface area contributed by atoms with Crippen LogP contribution in [0.25, 0.3) is 0 Å². The Hall–Kier alpha value is -2.27. The van der Waals surface area contributed by atoms with Gasteiger partial charge in [-0.1, -0.05) is 35.9 Å². The molecule has 1 aromatic carbocycles. The second-order valence-corrected chi connectivity index (χ2v) is 6.77. The van der Waals surface area contributed by atoms with Crippen molar-refractivity contribution in [2.24, 2.45) is 10.3 Å². The molecule has 5 heteroatoms. The minimum Gasteiger partial charge on any atom is -0.304 e. The van der Waals surface area contributed by atoms with Gasteiger partial charge in [0, 0.05) is 25.0 Å². The fourth-order valence-electron chi connectivity index (χ4n) is 2.65. The van der Waals surface area contributed by atoms with Gasteiger partial charge in [0.1, 0.15) is 0 Å². The van der Waals surface area contributed by atoms with E-state index in [2.05, 4.69) is 77.5 Å². The molecule has 5 nitrogen and oxygen atoms in total. The lowest BCUT2D eigenvalue weighted by molar-refractivity contribution is 0.342. The molecule has 2 aromatic rings. The first-order chi connectivity index (χ1) is 12.6. The number of hydrogen-bond donors (Lipinski definition) is 0. The van der Waals surface area contributed by atoms with E-state index in [4.69, 9.17) is 0 Å². The van der Waals surface area contributed by atoms with Gasteiger partial charge in [0.15, 0.2) is 0 Å². The predicted octanol–water partition coefficient (Wildman–Crippen LogP) is 4.46. The zero-order valence-electron chi connectivity index (χ0n) is 16.5. The first kappa shape index (κ1) is 20.0. The van der Waals surface area contributed by atoms with E-state index in [1.165, 1.54) is 11.1 Å². The molecule has 0 aliphatic carbocycles. The average Bonchev–Trinajstić information content (AvgIpc) is 2.63. The molecule has 0 aliphatic rings. The second-order valence-electron chi connectivity index (χ2n) is 6.77. The highest BCUT2D eigenvalue weighted by Crippen LogP contribution is 2.16. The van der Waals surface area contributed by atoms with E-state index in [0.29, 0.717) is 6.54 Å². The Bertz CT molecular complexity index is 664. The Morgan fingerprint density at radius 3 is 2.38 bits per heavy atom. The van der Waals surface area contributed by atoms with Crippen molar-refractivity contribution in [1.29, 1.82) is 0 Å². The number of nitrogens with zero attached hydrogens (tertiary/aromatic N) is 5. The Balaban J connectivity index is 1.99. The summed E-state index contributed by atoms with van der Waals surface area (Å²) < 4.78 is 0. The molecule has 0 radical (unpaired) electrons. The molecule has 0 fully saturated rings. The number of aromatic nitrogens is 1. The van der Waals surface area contributed by atoms with Crippen LogP contribution < -0.4 is 5.01 Å². The predicted molar refractivity (Wildman–Crippen MR) is 109 cm³/mol. The van der Waals surface area contributed by atoms with Crippen LogP contribution in [0.3, 0.4) is 0 Å². The number of benzene rings is 1. The summed E-state index contributed by atoms with van der Waals surface area (Å²) in [5.74, 6) is 0. The van der Waals surface area contributed by atoms with Gasteiger partial charge in [-0.05, 0) is 64.0 Å². The summed E-state index contributed by atoms with van der Waals surface area (Å²) >= 11 is 0. The van der Waals surface area contributed by atoms with Crippen LogP contribution in [0, 0.1) is 13.8 Å². The zero-order chi connectivity index (χ0) is 18.8. The second kappa shape index (κ2) is 10.7. The van der Waals surface area contributed by atoms with E-state index in [1.54, 1.807) is 0 Å². The van der Waals surface area contributed by atoms with Crippen LogP contribution in [0.15, 0.2) is 52.9 Å². The summed E-state index contributed by atoms with van der Waals surface area (Å²) in [7, 11) is 2.13. The largest absolute Gasteiger partial charge is 0.304 e. The summed E-state index contributed by atoms with van der Waals surface area (Å²) in [5, 5.41) is 10.9. The van der Waals surface area contributed by atoms with Gasteiger partial charge in [-0.2, -0.15) is 5.11 Å². The van der Waals surface area contributed by atoms with Crippen LogP contribution in [0.2, 0.25) is 0 Å².